The Kier molecular flexibility index (Phi) is 5.90. The van der Waals surface area contributed by atoms with Crippen molar-refractivity contribution in [3.05, 3.63) is 0 Å². The fourth-order valence-corrected chi connectivity index (χ4v) is 2.72. The first-order chi connectivity index (χ1) is 8.04. The molecule has 0 aromatic heterocycles. The van der Waals surface area contributed by atoms with Crippen LogP contribution in [0, 0.1) is 5.92 Å². The lowest BCUT2D eigenvalue weighted by atomic mass is 9.86. The van der Waals surface area contributed by atoms with Gasteiger partial charge in [-0.05, 0) is 46.6 Å². The molecule has 17 heavy (non-hydrogen) atoms. The highest BCUT2D eigenvalue weighted by molar-refractivity contribution is 4.86. The predicted octanol–water partition coefficient (Wildman–Crippen LogP) is 2.59. The maximum Gasteiger partial charge on any atom is 0.0623 e. The van der Waals surface area contributed by atoms with Crippen LogP contribution >= 0.6 is 0 Å². The summed E-state index contributed by atoms with van der Waals surface area (Å²) in [6, 6.07) is 0.553. The first kappa shape index (κ1) is 14.9. The van der Waals surface area contributed by atoms with E-state index < -0.39 is 0 Å². The van der Waals surface area contributed by atoms with Crippen LogP contribution in [-0.4, -0.2) is 38.5 Å². The van der Waals surface area contributed by atoms with Crippen LogP contribution in [0.5, 0.6) is 0 Å². The van der Waals surface area contributed by atoms with Gasteiger partial charge in [0.05, 0.1) is 11.7 Å². The highest BCUT2D eigenvalue weighted by Gasteiger charge is 2.33. The number of hydrogen-bond acceptors (Lipinski definition) is 3. The zero-order valence-corrected chi connectivity index (χ0v) is 12.1. The molecule has 1 fully saturated rings. The number of nitrogens with one attached hydrogen (secondary N) is 1. The minimum Gasteiger partial charge on any atom is -0.379 e. The van der Waals surface area contributed by atoms with Crippen LogP contribution in [0.2, 0.25) is 0 Å². The highest BCUT2D eigenvalue weighted by Crippen LogP contribution is 2.30. The Morgan fingerprint density at radius 3 is 2.71 bits per heavy atom. The maximum atomic E-state index is 5.78. The molecule has 0 amide bonds. The van der Waals surface area contributed by atoms with Gasteiger partial charge in [-0.25, -0.2) is 0 Å². The molecule has 0 spiro atoms. The molecule has 0 aliphatic carbocycles. The molecular formula is C14H29NO2. The molecular weight excluding hydrogens is 214 g/mol. The van der Waals surface area contributed by atoms with E-state index in [2.05, 4.69) is 33.1 Å². The third kappa shape index (κ3) is 4.23. The molecule has 1 N–H and O–H groups in total. The van der Waals surface area contributed by atoms with E-state index in [1.165, 1.54) is 6.42 Å². The molecule has 3 atom stereocenters. The van der Waals surface area contributed by atoms with Crippen molar-refractivity contribution in [3.63, 3.8) is 0 Å². The summed E-state index contributed by atoms with van der Waals surface area (Å²) in [6.45, 7) is 7.45. The maximum absolute atomic E-state index is 5.78. The van der Waals surface area contributed by atoms with Gasteiger partial charge in [-0.3, -0.25) is 0 Å². The van der Waals surface area contributed by atoms with Gasteiger partial charge < -0.3 is 14.8 Å². The van der Waals surface area contributed by atoms with Gasteiger partial charge in [0.2, 0.25) is 0 Å². The van der Waals surface area contributed by atoms with Crippen molar-refractivity contribution in [1.29, 1.82) is 0 Å². The lowest BCUT2D eigenvalue weighted by Crippen LogP contribution is -2.39. The Bertz CT molecular complexity index is 218. The van der Waals surface area contributed by atoms with Crippen LogP contribution in [0.4, 0.5) is 0 Å². The molecule has 3 heteroatoms. The lowest BCUT2D eigenvalue weighted by Gasteiger charge is -2.30. The summed E-state index contributed by atoms with van der Waals surface area (Å²) in [6.07, 6.45) is 5.00. The molecule has 3 nitrogen and oxygen atoms in total. The number of hydrogen-bond donors (Lipinski definition) is 1. The largest absolute Gasteiger partial charge is 0.379 e. The quantitative estimate of drug-likeness (QED) is 0.745. The average Bonchev–Trinajstić information content (AvgIpc) is 2.78. The van der Waals surface area contributed by atoms with Crippen LogP contribution in [0.25, 0.3) is 0 Å². The summed E-state index contributed by atoms with van der Waals surface area (Å²) in [5, 5.41) is 3.47. The smallest absolute Gasteiger partial charge is 0.0623 e. The highest BCUT2D eigenvalue weighted by atomic mass is 16.5. The Hall–Kier alpha value is -0.120. The fraction of sp³-hybridized carbons (Fsp3) is 1.00. The minimum atomic E-state index is -0.0176. The van der Waals surface area contributed by atoms with E-state index in [1.807, 2.05) is 0 Å². The summed E-state index contributed by atoms with van der Waals surface area (Å²) in [4.78, 5) is 0. The molecule has 3 unspecified atom stereocenters. The van der Waals surface area contributed by atoms with Crippen molar-refractivity contribution in [2.24, 2.45) is 5.92 Å². The van der Waals surface area contributed by atoms with Crippen LogP contribution in [0.3, 0.4) is 0 Å². The van der Waals surface area contributed by atoms with Crippen molar-refractivity contribution in [2.45, 2.75) is 64.2 Å². The zero-order chi connectivity index (χ0) is 12.9. The molecule has 1 aliphatic rings. The monoisotopic (exact) mass is 243 g/mol. The first-order valence-corrected chi connectivity index (χ1v) is 6.88. The van der Waals surface area contributed by atoms with Gasteiger partial charge in [0.15, 0.2) is 0 Å². The molecule has 1 rings (SSSR count). The number of methoxy groups -OCH3 is 1. The van der Waals surface area contributed by atoms with Gasteiger partial charge >= 0.3 is 0 Å². The van der Waals surface area contributed by atoms with Gasteiger partial charge in [-0.1, -0.05) is 6.92 Å². The SMILES string of the molecule is CCC1OCCC1C(CCC(C)(C)OC)NC. The van der Waals surface area contributed by atoms with Crippen molar-refractivity contribution in [3.8, 4) is 0 Å². The van der Waals surface area contributed by atoms with E-state index in [9.17, 15) is 0 Å². The third-order valence-electron chi connectivity index (χ3n) is 4.16. The van der Waals surface area contributed by atoms with Crippen LogP contribution < -0.4 is 5.32 Å². The van der Waals surface area contributed by atoms with Crippen molar-refractivity contribution >= 4 is 0 Å². The second-order valence-corrected chi connectivity index (χ2v) is 5.67. The van der Waals surface area contributed by atoms with Gasteiger partial charge in [0, 0.05) is 25.7 Å². The fourth-order valence-electron chi connectivity index (χ4n) is 2.72. The summed E-state index contributed by atoms with van der Waals surface area (Å²) < 4.78 is 11.3. The number of ether oxygens (including phenoxy) is 2. The van der Waals surface area contributed by atoms with Crippen LogP contribution in [0.1, 0.15) is 46.5 Å². The lowest BCUT2D eigenvalue weighted by molar-refractivity contribution is 0.00806. The van der Waals surface area contributed by atoms with Crippen LogP contribution in [-0.2, 0) is 9.47 Å². The molecule has 0 saturated carbocycles. The first-order valence-electron chi connectivity index (χ1n) is 6.88. The molecule has 0 aromatic carbocycles. The van der Waals surface area contributed by atoms with Gasteiger partial charge in [-0.15, -0.1) is 0 Å². The van der Waals surface area contributed by atoms with Crippen LogP contribution in [0.15, 0.2) is 0 Å². The Morgan fingerprint density at radius 2 is 2.18 bits per heavy atom. The molecule has 0 radical (unpaired) electrons. The van der Waals surface area contributed by atoms with E-state index in [4.69, 9.17) is 9.47 Å². The molecule has 0 bridgehead atoms. The standard InChI is InChI=1S/C14H29NO2/c1-6-13-11(8-10-17-13)12(15-4)7-9-14(2,3)16-5/h11-13,15H,6-10H2,1-5H3. The topological polar surface area (TPSA) is 30.5 Å². The van der Waals surface area contributed by atoms with E-state index in [0.717, 1.165) is 25.9 Å². The van der Waals surface area contributed by atoms with Crippen molar-refractivity contribution < 1.29 is 9.47 Å². The number of rotatable bonds is 7. The average molecular weight is 243 g/mol. The molecule has 1 saturated heterocycles. The van der Waals surface area contributed by atoms with E-state index >= 15 is 0 Å². The Labute approximate surface area is 106 Å². The molecule has 102 valence electrons. The second kappa shape index (κ2) is 6.72. The summed E-state index contributed by atoms with van der Waals surface area (Å²) in [5.74, 6) is 0.664. The van der Waals surface area contributed by atoms with Gasteiger partial charge in [0.25, 0.3) is 0 Å². The molecule has 1 heterocycles. The van der Waals surface area contributed by atoms with E-state index in [1.54, 1.807) is 7.11 Å². The molecule has 0 aromatic rings. The predicted molar refractivity (Wildman–Crippen MR) is 71.3 cm³/mol. The Morgan fingerprint density at radius 1 is 1.47 bits per heavy atom. The zero-order valence-electron chi connectivity index (χ0n) is 12.1. The summed E-state index contributed by atoms with van der Waals surface area (Å²) in [7, 11) is 3.86. The summed E-state index contributed by atoms with van der Waals surface area (Å²) in [5.41, 5.74) is -0.0176. The van der Waals surface area contributed by atoms with Crippen molar-refractivity contribution in [2.75, 3.05) is 20.8 Å². The van der Waals surface area contributed by atoms with E-state index in [-0.39, 0.29) is 5.60 Å². The van der Waals surface area contributed by atoms with Crippen molar-refractivity contribution in [1.82, 2.24) is 5.32 Å². The summed E-state index contributed by atoms with van der Waals surface area (Å²) >= 11 is 0. The normalized spacial score (nSPS) is 27.4. The Balaban J connectivity index is 2.48. The minimum absolute atomic E-state index is 0.0176. The van der Waals surface area contributed by atoms with Gasteiger partial charge in [-0.2, -0.15) is 0 Å². The van der Waals surface area contributed by atoms with E-state index in [0.29, 0.717) is 18.1 Å². The third-order valence-corrected chi connectivity index (χ3v) is 4.16. The van der Waals surface area contributed by atoms with Gasteiger partial charge in [0.1, 0.15) is 0 Å². The second-order valence-electron chi connectivity index (χ2n) is 5.67. The molecule has 1 aliphatic heterocycles.